The molecule has 0 radical (unpaired) electrons. The van der Waals surface area contributed by atoms with Crippen LogP contribution in [0.15, 0.2) is 22.3 Å². The van der Waals surface area contributed by atoms with Crippen molar-refractivity contribution < 1.29 is 9.15 Å². The van der Waals surface area contributed by atoms with Crippen molar-refractivity contribution in [1.82, 2.24) is 10.3 Å². The maximum absolute atomic E-state index is 5.72. The number of hydrogen-bond donors (Lipinski definition) is 1. The number of nitrogens with zero attached hydrogens (tertiary/aromatic N) is 1. The minimum atomic E-state index is 0.606. The van der Waals surface area contributed by atoms with Gasteiger partial charge in [-0.2, -0.15) is 0 Å². The highest BCUT2D eigenvalue weighted by Gasteiger charge is 2.06. The zero-order valence-electron chi connectivity index (χ0n) is 11.4. The third-order valence-corrected chi connectivity index (χ3v) is 3.94. The smallest absolute Gasteiger partial charge is 0.123 e. The van der Waals surface area contributed by atoms with Crippen molar-refractivity contribution in [3.63, 3.8) is 0 Å². The van der Waals surface area contributed by atoms with Crippen LogP contribution in [0.3, 0.4) is 0 Å². The number of thiazole rings is 1. The zero-order chi connectivity index (χ0) is 13.5. The number of aromatic nitrogens is 1. The average Bonchev–Trinajstić information content (AvgIpc) is 3.01. The lowest BCUT2D eigenvalue weighted by molar-refractivity contribution is 0.123. The molecule has 2 rings (SSSR count). The van der Waals surface area contributed by atoms with Crippen LogP contribution in [0.5, 0.6) is 0 Å². The molecule has 0 aliphatic rings. The van der Waals surface area contributed by atoms with Crippen molar-refractivity contribution >= 4 is 11.3 Å². The molecule has 0 unspecified atom stereocenters. The third-order valence-electron chi connectivity index (χ3n) is 2.95. The Kier molecular flexibility index (Phi) is 5.57. The summed E-state index contributed by atoms with van der Waals surface area (Å²) < 4.78 is 11.2. The second kappa shape index (κ2) is 7.43. The summed E-state index contributed by atoms with van der Waals surface area (Å²) >= 11 is 1.69. The molecule has 2 aromatic rings. The molecule has 5 heteroatoms. The fourth-order valence-electron chi connectivity index (χ4n) is 1.80. The molecule has 0 saturated heterocycles. The first-order chi connectivity index (χ1) is 9.31. The van der Waals surface area contributed by atoms with Crippen LogP contribution >= 0.6 is 11.3 Å². The van der Waals surface area contributed by atoms with Gasteiger partial charge in [-0.3, -0.25) is 0 Å². The monoisotopic (exact) mass is 280 g/mol. The van der Waals surface area contributed by atoms with E-state index < -0.39 is 0 Å². The molecule has 104 valence electrons. The molecule has 0 aliphatic heterocycles. The molecule has 0 saturated carbocycles. The summed E-state index contributed by atoms with van der Waals surface area (Å²) in [6.45, 7) is 7.14. The van der Waals surface area contributed by atoms with Gasteiger partial charge in [0.25, 0.3) is 0 Å². The van der Waals surface area contributed by atoms with Gasteiger partial charge in [0.15, 0.2) is 0 Å². The summed E-state index contributed by atoms with van der Waals surface area (Å²) in [6.07, 6.45) is 2.65. The molecular weight excluding hydrogens is 260 g/mol. The molecular formula is C14H20N2O2S. The zero-order valence-corrected chi connectivity index (χ0v) is 12.3. The Balaban J connectivity index is 1.73. The van der Waals surface area contributed by atoms with E-state index >= 15 is 0 Å². The van der Waals surface area contributed by atoms with Gasteiger partial charge in [0.2, 0.25) is 0 Å². The molecule has 2 heterocycles. The molecule has 0 atom stereocenters. The third kappa shape index (κ3) is 4.16. The van der Waals surface area contributed by atoms with Crippen LogP contribution in [-0.4, -0.2) is 18.1 Å². The molecule has 19 heavy (non-hydrogen) atoms. The van der Waals surface area contributed by atoms with Gasteiger partial charge in [0.1, 0.15) is 5.76 Å². The summed E-state index contributed by atoms with van der Waals surface area (Å²) in [6, 6.07) is 1.98. The highest BCUT2D eigenvalue weighted by Crippen LogP contribution is 2.14. The summed E-state index contributed by atoms with van der Waals surface area (Å²) in [5, 5.41) is 3.26. The Morgan fingerprint density at radius 2 is 2.37 bits per heavy atom. The molecule has 0 aliphatic carbocycles. The van der Waals surface area contributed by atoms with E-state index in [4.69, 9.17) is 9.15 Å². The molecule has 0 fully saturated rings. The van der Waals surface area contributed by atoms with E-state index in [9.17, 15) is 0 Å². The lowest BCUT2D eigenvalue weighted by atomic mass is 10.2. The quantitative estimate of drug-likeness (QED) is 0.755. The van der Waals surface area contributed by atoms with Gasteiger partial charge in [-0.15, -0.1) is 11.3 Å². The van der Waals surface area contributed by atoms with Crippen molar-refractivity contribution in [1.29, 1.82) is 0 Å². The van der Waals surface area contributed by atoms with Crippen molar-refractivity contribution in [2.75, 3.05) is 13.2 Å². The Morgan fingerprint density at radius 3 is 3.11 bits per heavy atom. The van der Waals surface area contributed by atoms with Crippen molar-refractivity contribution in [3.8, 4) is 0 Å². The molecule has 2 aromatic heterocycles. The van der Waals surface area contributed by atoms with E-state index in [1.54, 1.807) is 17.6 Å². The van der Waals surface area contributed by atoms with E-state index in [-0.39, 0.29) is 0 Å². The Bertz CT molecular complexity index is 493. The number of aryl methyl sites for hydroxylation is 1. The van der Waals surface area contributed by atoms with Crippen molar-refractivity contribution in [2.24, 2.45) is 0 Å². The first-order valence-electron chi connectivity index (χ1n) is 6.54. The van der Waals surface area contributed by atoms with Gasteiger partial charge in [0, 0.05) is 16.9 Å². The standard InChI is InChI=1S/C14H20N2O2S/c1-3-15-8-13-12(4-7-18-13)9-17-6-5-14-11(2)16-10-19-14/h4,7,10,15H,3,5-6,8-9H2,1-2H3. The predicted molar refractivity (Wildman–Crippen MR) is 76.3 cm³/mol. The topological polar surface area (TPSA) is 47.3 Å². The number of nitrogens with one attached hydrogen (secondary N) is 1. The summed E-state index contributed by atoms with van der Waals surface area (Å²) in [7, 11) is 0. The first-order valence-corrected chi connectivity index (χ1v) is 7.42. The van der Waals surface area contributed by atoms with Crippen LogP contribution in [0, 0.1) is 6.92 Å². The predicted octanol–water partition coefficient (Wildman–Crippen LogP) is 2.91. The number of rotatable bonds is 8. The minimum Gasteiger partial charge on any atom is -0.468 e. The van der Waals surface area contributed by atoms with Crippen molar-refractivity contribution in [2.45, 2.75) is 33.4 Å². The highest BCUT2D eigenvalue weighted by atomic mass is 32.1. The molecule has 4 nitrogen and oxygen atoms in total. The van der Waals surface area contributed by atoms with Crippen LogP contribution in [0.2, 0.25) is 0 Å². The van der Waals surface area contributed by atoms with E-state index in [0.717, 1.165) is 43.1 Å². The van der Waals surface area contributed by atoms with Crippen LogP contribution in [0.4, 0.5) is 0 Å². The van der Waals surface area contributed by atoms with E-state index in [1.807, 2.05) is 18.5 Å². The van der Waals surface area contributed by atoms with Crippen LogP contribution in [0.25, 0.3) is 0 Å². The SMILES string of the molecule is CCNCc1occc1COCCc1scnc1C. The van der Waals surface area contributed by atoms with Gasteiger partial charge in [0.05, 0.1) is 37.2 Å². The fourth-order valence-corrected chi connectivity index (χ4v) is 2.56. The lowest BCUT2D eigenvalue weighted by Gasteiger charge is -2.05. The molecule has 0 spiro atoms. The Hall–Kier alpha value is -1.17. The second-order valence-electron chi connectivity index (χ2n) is 4.31. The van der Waals surface area contributed by atoms with Gasteiger partial charge < -0.3 is 14.5 Å². The number of hydrogen-bond acceptors (Lipinski definition) is 5. The van der Waals surface area contributed by atoms with Crippen molar-refractivity contribution in [3.05, 3.63) is 39.7 Å². The van der Waals surface area contributed by atoms with E-state index in [1.165, 1.54) is 4.88 Å². The van der Waals surface area contributed by atoms with Crippen LogP contribution in [0.1, 0.15) is 28.8 Å². The normalized spacial score (nSPS) is 11.1. The summed E-state index contributed by atoms with van der Waals surface area (Å²) in [4.78, 5) is 5.54. The minimum absolute atomic E-state index is 0.606. The highest BCUT2D eigenvalue weighted by molar-refractivity contribution is 7.09. The van der Waals surface area contributed by atoms with Crippen LogP contribution in [-0.2, 0) is 24.3 Å². The molecule has 0 aromatic carbocycles. The molecule has 0 bridgehead atoms. The average molecular weight is 280 g/mol. The summed E-state index contributed by atoms with van der Waals surface area (Å²) in [5.74, 6) is 0.968. The molecule has 1 N–H and O–H groups in total. The van der Waals surface area contributed by atoms with Gasteiger partial charge in [-0.1, -0.05) is 6.92 Å². The van der Waals surface area contributed by atoms with Crippen LogP contribution < -0.4 is 5.32 Å². The maximum atomic E-state index is 5.72. The maximum Gasteiger partial charge on any atom is 0.123 e. The Labute approximate surface area is 117 Å². The summed E-state index contributed by atoms with van der Waals surface area (Å²) in [5.41, 5.74) is 4.13. The van der Waals surface area contributed by atoms with E-state index in [0.29, 0.717) is 6.61 Å². The largest absolute Gasteiger partial charge is 0.468 e. The lowest BCUT2D eigenvalue weighted by Crippen LogP contribution is -2.12. The Morgan fingerprint density at radius 1 is 1.47 bits per heavy atom. The fraction of sp³-hybridized carbons (Fsp3) is 0.500. The number of furan rings is 1. The molecule has 0 amide bonds. The van der Waals surface area contributed by atoms with Gasteiger partial charge in [-0.05, 0) is 19.5 Å². The number of ether oxygens (including phenoxy) is 1. The van der Waals surface area contributed by atoms with Gasteiger partial charge >= 0.3 is 0 Å². The van der Waals surface area contributed by atoms with Gasteiger partial charge in [-0.25, -0.2) is 4.98 Å². The second-order valence-corrected chi connectivity index (χ2v) is 5.25. The first kappa shape index (κ1) is 14.2. The van der Waals surface area contributed by atoms with E-state index in [2.05, 4.69) is 17.2 Å².